The van der Waals surface area contributed by atoms with Gasteiger partial charge in [-0.15, -0.1) is 0 Å². The van der Waals surface area contributed by atoms with Crippen molar-refractivity contribution < 1.29 is 19.8 Å². The molecule has 0 N–H and O–H groups in total. The Morgan fingerprint density at radius 3 is 1.35 bits per heavy atom. The van der Waals surface area contributed by atoms with Gasteiger partial charge in [0.25, 0.3) is 0 Å². The molecule has 0 saturated carbocycles. The maximum atomic E-state index is 9.68. The molecule has 0 fully saturated rings. The molecule has 17 heavy (non-hydrogen) atoms. The van der Waals surface area contributed by atoms with Crippen molar-refractivity contribution >= 4 is 49.7 Å². The van der Waals surface area contributed by atoms with Crippen LogP contribution in [0.25, 0.3) is 0 Å². The second-order valence-corrected chi connectivity index (χ2v) is 3.02. The van der Waals surface area contributed by atoms with Gasteiger partial charge in [0, 0.05) is 0 Å². The number of carboxylic acid groups (broad SMARTS) is 2. The largest absolute Gasteiger partial charge is 2.00 e. The van der Waals surface area contributed by atoms with Gasteiger partial charge in [-0.25, -0.2) is 0 Å². The zero-order valence-corrected chi connectivity index (χ0v) is 12.7. The van der Waals surface area contributed by atoms with Crippen LogP contribution in [0.2, 0.25) is 0 Å². The van der Waals surface area contributed by atoms with E-state index in [0.717, 1.165) is 37.8 Å². The number of carbonyl (C=O) groups is 2. The first-order valence-electron chi connectivity index (χ1n) is 5.29. The minimum atomic E-state index is -1.11. The van der Waals surface area contributed by atoms with E-state index in [2.05, 4.69) is 0 Å². The Hall–Kier alpha value is -0.320. The number of carbonyl (C=O) groups excluding carboxylic acids is 2. The summed E-state index contributed by atoms with van der Waals surface area (Å²) in [7, 11) is 0. The van der Waals surface area contributed by atoms with E-state index in [-0.39, 0.29) is 37.7 Å². The van der Waals surface area contributed by atoms with Crippen LogP contribution in [-0.2, 0) is 9.59 Å². The fraction of sp³-hybridized carbons (Fsp3) is 0.500. The number of rotatable bonds is 6. The molecule has 0 saturated heterocycles. The van der Waals surface area contributed by atoms with E-state index >= 15 is 0 Å². The van der Waals surface area contributed by atoms with Crippen molar-refractivity contribution in [1.82, 2.24) is 0 Å². The molecule has 92 valence electrons. The summed E-state index contributed by atoms with van der Waals surface area (Å²) in [6, 6.07) is 0. The van der Waals surface area contributed by atoms with Crippen LogP contribution in [0.3, 0.4) is 0 Å². The zero-order valence-electron chi connectivity index (χ0n) is 10.5. The molecule has 0 aliphatic carbocycles. The Bertz CT molecular complexity index is 221. The first-order valence-corrected chi connectivity index (χ1v) is 5.29. The molecule has 5 heteroatoms. The van der Waals surface area contributed by atoms with Gasteiger partial charge in [-0.1, -0.05) is 38.8 Å². The fourth-order valence-corrected chi connectivity index (χ4v) is 0.692. The van der Waals surface area contributed by atoms with Crippen LogP contribution in [0.4, 0.5) is 0 Å². The summed E-state index contributed by atoms with van der Waals surface area (Å²) in [5, 5.41) is 19.4. The first-order chi connectivity index (χ1) is 7.54. The Morgan fingerprint density at radius 1 is 0.882 bits per heavy atom. The molecule has 0 aromatic carbocycles. The average Bonchev–Trinajstić information content (AvgIpc) is 2.18. The molecule has 0 aliphatic rings. The molecule has 0 unspecified atom stereocenters. The quantitative estimate of drug-likeness (QED) is 0.493. The van der Waals surface area contributed by atoms with Crippen molar-refractivity contribution in [3.8, 4) is 0 Å². The van der Waals surface area contributed by atoms with Crippen LogP contribution in [-0.4, -0.2) is 49.7 Å². The summed E-state index contributed by atoms with van der Waals surface area (Å²) < 4.78 is 0. The average molecular weight is 266 g/mol. The predicted molar refractivity (Wildman–Crippen MR) is 63.9 cm³/mol. The van der Waals surface area contributed by atoms with Gasteiger partial charge in [0.1, 0.15) is 0 Å². The number of allylic oxidation sites excluding steroid dienone is 2. The van der Waals surface area contributed by atoms with Gasteiger partial charge >= 0.3 is 37.7 Å². The molecular weight excluding hydrogens is 248 g/mol. The van der Waals surface area contributed by atoms with Crippen molar-refractivity contribution in [3.63, 3.8) is 0 Å². The molecule has 0 aromatic heterocycles. The van der Waals surface area contributed by atoms with Gasteiger partial charge in [-0.05, 0) is 25.0 Å². The summed E-state index contributed by atoms with van der Waals surface area (Å²) in [5.41, 5.74) is 0. The van der Waals surface area contributed by atoms with Gasteiger partial charge in [-0.3, -0.25) is 0 Å². The van der Waals surface area contributed by atoms with Crippen molar-refractivity contribution in [3.05, 3.63) is 24.3 Å². The predicted octanol–water partition coefficient (Wildman–Crippen LogP) is -0.196. The van der Waals surface area contributed by atoms with Crippen LogP contribution in [0.15, 0.2) is 24.3 Å². The maximum absolute atomic E-state index is 9.68. The topological polar surface area (TPSA) is 80.3 Å². The van der Waals surface area contributed by atoms with Crippen molar-refractivity contribution in [1.29, 1.82) is 0 Å². The van der Waals surface area contributed by atoms with Gasteiger partial charge in [0.2, 0.25) is 0 Å². The summed E-state index contributed by atoms with van der Waals surface area (Å²) in [6.07, 6.45) is 8.88. The van der Waals surface area contributed by atoms with Crippen LogP contribution in [0.1, 0.15) is 39.5 Å². The molecule has 4 nitrogen and oxygen atoms in total. The van der Waals surface area contributed by atoms with Crippen molar-refractivity contribution in [2.24, 2.45) is 0 Å². The fourth-order valence-electron chi connectivity index (χ4n) is 0.692. The number of aliphatic carboxylic acids is 2. The maximum Gasteiger partial charge on any atom is 2.00 e. The Kier molecular flexibility index (Phi) is 23.3. The number of carboxylic acids is 2. The number of hydrogen-bond donors (Lipinski definition) is 0. The summed E-state index contributed by atoms with van der Waals surface area (Å²) in [5.74, 6) is -2.23. The SMILES string of the molecule is CCCC=CC(=O)[O-].CCCC=CC(=O)[O-].[Ca+2]. The molecule has 0 amide bonds. The third-order valence-corrected chi connectivity index (χ3v) is 1.42. The second-order valence-electron chi connectivity index (χ2n) is 3.02. The molecule has 0 radical (unpaired) electrons. The van der Waals surface area contributed by atoms with Crippen molar-refractivity contribution in [2.75, 3.05) is 0 Å². The monoisotopic (exact) mass is 266 g/mol. The van der Waals surface area contributed by atoms with Crippen LogP contribution < -0.4 is 10.2 Å². The molecule has 0 aromatic rings. The minimum absolute atomic E-state index is 0. The third kappa shape index (κ3) is 31.3. The van der Waals surface area contributed by atoms with Gasteiger partial charge in [0.15, 0.2) is 0 Å². The van der Waals surface area contributed by atoms with Crippen molar-refractivity contribution in [2.45, 2.75) is 39.5 Å². The molecule has 0 rings (SSSR count). The molecule has 0 aliphatic heterocycles. The minimum Gasteiger partial charge on any atom is -0.545 e. The first kappa shape index (κ1) is 21.9. The van der Waals surface area contributed by atoms with Crippen LogP contribution in [0, 0.1) is 0 Å². The molecular formula is C12H18CaO4. The molecule has 0 spiro atoms. The van der Waals surface area contributed by atoms with E-state index in [4.69, 9.17) is 0 Å². The van der Waals surface area contributed by atoms with Gasteiger partial charge < -0.3 is 19.8 Å². The van der Waals surface area contributed by atoms with Gasteiger partial charge in [-0.2, -0.15) is 0 Å². The molecule has 0 bridgehead atoms. The Labute approximate surface area is 132 Å². The third-order valence-electron chi connectivity index (χ3n) is 1.42. The van der Waals surface area contributed by atoms with Crippen LogP contribution in [0.5, 0.6) is 0 Å². The molecule has 0 atom stereocenters. The van der Waals surface area contributed by atoms with Crippen LogP contribution >= 0.6 is 0 Å². The Balaban J connectivity index is -0.000000218. The zero-order chi connectivity index (χ0) is 12.8. The standard InChI is InChI=1S/2C6H10O2.Ca/c2*1-2-3-4-5-6(7)8;/h2*4-5H,2-3H2,1H3,(H,7,8);/q;;+2/p-2. The summed E-state index contributed by atoms with van der Waals surface area (Å²) in [6.45, 7) is 3.97. The van der Waals surface area contributed by atoms with E-state index < -0.39 is 11.9 Å². The second kappa shape index (κ2) is 18.1. The van der Waals surface area contributed by atoms with E-state index in [1.165, 1.54) is 0 Å². The van der Waals surface area contributed by atoms with Gasteiger partial charge in [0.05, 0.1) is 11.9 Å². The number of hydrogen-bond acceptors (Lipinski definition) is 4. The van der Waals surface area contributed by atoms with E-state index in [9.17, 15) is 19.8 Å². The smallest absolute Gasteiger partial charge is 0.545 e. The summed E-state index contributed by atoms with van der Waals surface area (Å²) >= 11 is 0. The normalized spacial score (nSPS) is 9.53. The van der Waals surface area contributed by atoms with E-state index in [1.54, 1.807) is 12.2 Å². The van der Waals surface area contributed by atoms with E-state index in [0.29, 0.717) is 0 Å². The molecule has 0 heterocycles. The number of unbranched alkanes of at least 4 members (excludes halogenated alkanes) is 2. The van der Waals surface area contributed by atoms with E-state index in [1.807, 2.05) is 13.8 Å². The Morgan fingerprint density at radius 2 is 1.18 bits per heavy atom. The summed E-state index contributed by atoms with van der Waals surface area (Å²) in [4.78, 5) is 19.4.